The molecule has 0 N–H and O–H groups in total. The summed E-state index contributed by atoms with van der Waals surface area (Å²) in [5, 5.41) is 6.18. The van der Waals surface area contributed by atoms with Crippen molar-refractivity contribution >= 4 is 40.4 Å². The van der Waals surface area contributed by atoms with E-state index in [1.165, 1.54) is 10.4 Å². The molecule has 1 radical (unpaired) electrons. The van der Waals surface area contributed by atoms with Crippen molar-refractivity contribution in [2.75, 3.05) is 0 Å². The van der Waals surface area contributed by atoms with Crippen molar-refractivity contribution in [1.82, 2.24) is 0 Å². The van der Waals surface area contributed by atoms with E-state index in [9.17, 15) is 0 Å². The van der Waals surface area contributed by atoms with Crippen LogP contribution in [-0.2, 0) is 0 Å². The minimum absolute atomic E-state index is 0.617. The number of rotatable bonds is 3. The molecule has 0 unspecified atom stereocenters. The van der Waals surface area contributed by atoms with Crippen molar-refractivity contribution in [1.29, 1.82) is 0 Å². The maximum absolute atomic E-state index is 3.17. The first-order chi connectivity index (χ1) is 8.79. The molecule has 0 saturated heterocycles. The Morgan fingerprint density at radius 3 is 1.39 bits per heavy atom. The van der Waals surface area contributed by atoms with Crippen LogP contribution >= 0.6 is 0 Å². The zero-order chi connectivity index (χ0) is 13.4. The molecule has 0 bridgehead atoms. The predicted molar refractivity (Wildman–Crippen MR) is 85.9 cm³/mol. The molecule has 0 aliphatic carbocycles. The van der Waals surface area contributed by atoms with Crippen LogP contribution in [0.25, 0.3) is 0 Å². The molecule has 0 aromatic heterocycles. The van der Waals surface area contributed by atoms with E-state index in [0.29, 0.717) is 0 Å². The van der Waals surface area contributed by atoms with E-state index in [0.717, 1.165) is 5.54 Å². The normalized spacial score (nSPS) is 9.44. The molecule has 2 aromatic rings. The molecular formula is C16H19AlSi+. The van der Waals surface area contributed by atoms with Gasteiger partial charge in [-0.25, -0.2) is 0 Å². The SMILES string of the molecule is CC(C)[Si+](c1ccccc1)c1ccccc1.[CH2]=[Al]. The molecule has 0 aliphatic rings. The Balaban J connectivity index is 0.000000771. The van der Waals surface area contributed by atoms with Crippen LogP contribution in [0.5, 0.6) is 0 Å². The van der Waals surface area contributed by atoms with E-state index in [1.807, 2.05) is 0 Å². The molecular weight excluding hydrogens is 247 g/mol. The summed E-state index contributed by atoms with van der Waals surface area (Å²) in [7, 11) is -0.617. The average Bonchev–Trinajstić information content (AvgIpc) is 2.43. The number of benzene rings is 2. The quantitative estimate of drug-likeness (QED) is 0.748. The summed E-state index contributed by atoms with van der Waals surface area (Å²) in [6, 6.07) is 21.8. The maximum atomic E-state index is 3.17. The van der Waals surface area contributed by atoms with Gasteiger partial charge in [-0.1, -0.05) is 36.4 Å². The Kier molecular flexibility index (Phi) is 6.90. The van der Waals surface area contributed by atoms with Crippen LogP contribution in [0.1, 0.15) is 13.8 Å². The van der Waals surface area contributed by atoms with Crippen LogP contribution in [-0.4, -0.2) is 30.0 Å². The van der Waals surface area contributed by atoms with E-state index in [4.69, 9.17) is 0 Å². The van der Waals surface area contributed by atoms with Crippen molar-refractivity contribution in [3.8, 4) is 0 Å². The van der Waals surface area contributed by atoms with Gasteiger partial charge in [0.25, 0.3) is 0 Å². The molecule has 0 heterocycles. The first kappa shape index (κ1) is 15.1. The van der Waals surface area contributed by atoms with Gasteiger partial charge in [0.2, 0.25) is 0 Å². The van der Waals surface area contributed by atoms with Crippen LogP contribution < -0.4 is 10.4 Å². The molecule has 89 valence electrons. The molecule has 2 rings (SSSR count). The Morgan fingerprint density at radius 2 is 1.11 bits per heavy atom. The molecule has 0 saturated carbocycles. The van der Waals surface area contributed by atoms with Gasteiger partial charge in [-0.2, -0.15) is 0 Å². The van der Waals surface area contributed by atoms with Crippen LogP contribution in [0.2, 0.25) is 5.54 Å². The van der Waals surface area contributed by atoms with Crippen molar-refractivity contribution in [2.24, 2.45) is 0 Å². The Bertz CT molecular complexity index is 400. The fraction of sp³-hybridized carbons (Fsp3) is 0.188. The second kappa shape index (κ2) is 8.21. The van der Waals surface area contributed by atoms with Crippen molar-refractivity contribution < 1.29 is 0 Å². The van der Waals surface area contributed by atoms with Gasteiger partial charge in [-0.05, 0) is 38.1 Å². The minimum atomic E-state index is -0.617. The predicted octanol–water partition coefficient (Wildman–Crippen LogP) is 2.29. The second-order valence-corrected chi connectivity index (χ2v) is 7.44. The van der Waals surface area contributed by atoms with E-state index in [2.05, 4.69) is 95.7 Å². The third kappa shape index (κ3) is 4.07. The van der Waals surface area contributed by atoms with E-state index < -0.39 is 8.80 Å². The number of hydrogen-bond acceptors (Lipinski definition) is 0. The summed E-state index contributed by atoms with van der Waals surface area (Å²) in [4.78, 5) is 0. The zero-order valence-electron chi connectivity index (χ0n) is 11.1. The summed E-state index contributed by atoms with van der Waals surface area (Å²) in [5.74, 6) is 0. The topological polar surface area (TPSA) is 0 Å². The van der Waals surface area contributed by atoms with Crippen molar-refractivity contribution in [2.45, 2.75) is 19.4 Å². The van der Waals surface area contributed by atoms with Gasteiger partial charge in [0, 0.05) is 0 Å². The van der Waals surface area contributed by atoms with E-state index in [-0.39, 0.29) is 0 Å². The standard InChI is InChI=1S/C15H17Si.CH2.Al/c1-13(2)16(14-9-5-3-6-10-14)15-11-7-4-8-12-15;;/h3-13H,1-2H3;1H2;/q+1;;. The van der Waals surface area contributed by atoms with Crippen LogP contribution in [0.4, 0.5) is 0 Å². The van der Waals surface area contributed by atoms with E-state index in [1.54, 1.807) is 0 Å². The van der Waals surface area contributed by atoms with Gasteiger partial charge < -0.3 is 0 Å². The fourth-order valence-corrected chi connectivity index (χ4v) is 4.84. The summed E-state index contributed by atoms with van der Waals surface area (Å²) in [6.45, 7) is 4.66. The van der Waals surface area contributed by atoms with Gasteiger partial charge >= 0.3 is 30.0 Å². The van der Waals surface area contributed by atoms with Crippen molar-refractivity contribution in [3.63, 3.8) is 0 Å². The van der Waals surface area contributed by atoms with Gasteiger partial charge in [-0.15, -0.1) is 0 Å². The third-order valence-electron chi connectivity index (χ3n) is 2.75. The Hall–Kier alpha value is -0.941. The molecule has 0 spiro atoms. The molecule has 0 amide bonds. The van der Waals surface area contributed by atoms with Crippen LogP contribution in [0.3, 0.4) is 0 Å². The third-order valence-corrected chi connectivity index (χ3v) is 5.81. The van der Waals surface area contributed by atoms with Crippen molar-refractivity contribution in [3.05, 3.63) is 60.7 Å². The summed E-state index contributed by atoms with van der Waals surface area (Å²) in [5.41, 5.74) is 0.717. The summed E-state index contributed by atoms with van der Waals surface area (Å²) in [6.07, 6.45) is 0. The average molecular weight is 266 g/mol. The molecule has 0 aliphatic heterocycles. The molecule has 0 fully saturated rings. The Morgan fingerprint density at radius 1 is 0.778 bits per heavy atom. The molecule has 2 heteroatoms. The van der Waals surface area contributed by atoms with Gasteiger partial charge in [0.05, 0.1) is 5.54 Å². The molecule has 0 atom stereocenters. The van der Waals surface area contributed by atoms with E-state index >= 15 is 0 Å². The number of hydrogen-bond donors (Lipinski definition) is 0. The van der Waals surface area contributed by atoms with Gasteiger partial charge in [0.15, 0.2) is 0 Å². The first-order valence-corrected chi connectivity index (χ1v) is 8.57. The molecule has 2 aromatic carbocycles. The first-order valence-electron chi connectivity index (χ1n) is 6.17. The zero-order valence-corrected chi connectivity index (χ0v) is 13.3. The Labute approximate surface area is 120 Å². The molecule has 0 nitrogen and oxygen atoms in total. The van der Waals surface area contributed by atoms with Gasteiger partial charge in [-0.3, -0.25) is 0 Å². The summed E-state index contributed by atoms with van der Waals surface area (Å²) < 4.78 is 0. The van der Waals surface area contributed by atoms with Crippen LogP contribution in [0.15, 0.2) is 60.7 Å². The monoisotopic (exact) mass is 266 g/mol. The van der Waals surface area contributed by atoms with Crippen LogP contribution in [0, 0.1) is 0 Å². The second-order valence-electron chi connectivity index (χ2n) is 4.30. The van der Waals surface area contributed by atoms with Gasteiger partial charge in [0.1, 0.15) is 10.4 Å². The summed E-state index contributed by atoms with van der Waals surface area (Å²) >= 11 is 2.17. The fourth-order valence-electron chi connectivity index (χ4n) is 2.07. The molecule has 18 heavy (non-hydrogen) atoms.